The molecule has 0 radical (unpaired) electrons. The van der Waals surface area contributed by atoms with E-state index in [2.05, 4.69) is 15.6 Å². The van der Waals surface area contributed by atoms with Crippen molar-refractivity contribution in [2.24, 2.45) is 0 Å². The van der Waals surface area contributed by atoms with Crippen LogP contribution in [0.25, 0.3) is 0 Å². The number of hydrogen-bond donors (Lipinski definition) is 2. The van der Waals surface area contributed by atoms with Crippen molar-refractivity contribution in [3.8, 4) is 0 Å². The Bertz CT molecular complexity index is 813. The molecule has 0 atom stereocenters. The number of amides is 2. The molecule has 27 heavy (non-hydrogen) atoms. The number of para-hydroxylation sites is 1. The molecule has 1 aromatic heterocycles. The van der Waals surface area contributed by atoms with Crippen molar-refractivity contribution in [2.45, 2.75) is 44.6 Å². The summed E-state index contributed by atoms with van der Waals surface area (Å²) < 4.78 is 27.4. The molecule has 2 amide bonds. The minimum Gasteiger partial charge on any atom is -0.348 e. The Morgan fingerprint density at radius 2 is 1.63 bits per heavy atom. The van der Waals surface area contributed by atoms with Gasteiger partial charge in [-0.2, -0.15) is 0 Å². The molecule has 0 bridgehead atoms. The van der Waals surface area contributed by atoms with Gasteiger partial charge in [-0.1, -0.05) is 31.7 Å². The SMILES string of the molecule is O=C(Nc1c(F)cccc1F)c1ccnc(C(=O)NC2CCCCCC2)c1. The second-order valence-corrected chi connectivity index (χ2v) is 6.64. The largest absolute Gasteiger partial charge is 0.348 e. The van der Waals surface area contributed by atoms with Crippen LogP contribution >= 0.6 is 0 Å². The van der Waals surface area contributed by atoms with Gasteiger partial charge < -0.3 is 10.6 Å². The van der Waals surface area contributed by atoms with Crippen LogP contribution in [0.3, 0.4) is 0 Å². The third kappa shape index (κ3) is 4.87. The van der Waals surface area contributed by atoms with Gasteiger partial charge in [0.1, 0.15) is 23.0 Å². The minimum atomic E-state index is -0.872. The molecule has 1 heterocycles. The lowest BCUT2D eigenvalue weighted by atomic mass is 10.1. The maximum atomic E-state index is 13.7. The van der Waals surface area contributed by atoms with E-state index < -0.39 is 23.2 Å². The van der Waals surface area contributed by atoms with Crippen molar-refractivity contribution in [2.75, 3.05) is 5.32 Å². The Labute approximate surface area is 156 Å². The van der Waals surface area contributed by atoms with E-state index in [0.717, 1.165) is 37.8 Å². The van der Waals surface area contributed by atoms with E-state index in [-0.39, 0.29) is 23.2 Å². The van der Waals surface area contributed by atoms with Crippen molar-refractivity contribution in [1.29, 1.82) is 0 Å². The van der Waals surface area contributed by atoms with E-state index in [4.69, 9.17) is 0 Å². The Morgan fingerprint density at radius 3 is 2.30 bits per heavy atom. The Hall–Kier alpha value is -2.83. The average Bonchev–Trinajstić information content (AvgIpc) is 2.93. The number of hydrogen-bond acceptors (Lipinski definition) is 3. The predicted octanol–water partition coefficient (Wildman–Crippen LogP) is 4.06. The number of carbonyl (C=O) groups excluding carboxylic acids is 2. The number of anilines is 1. The fourth-order valence-electron chi connectivity index (χ4n) is 3.18. The minimum absolute atomic E-state index is 0.0960. The normalized spacial score (nSPS) is 15.0. The number of rotatable bonds is 4. The molecule has 142 valence electrons. The molecular weight excluding hydrogens is 352 g/mol. The smallest absolute Gasteiger partial charge is 0.270 e. The molecule has 0 unspecified atom stereocenters. The lowest BCUT2D eigenvalue weighted by Gasteiger charge is -2.16. The fourth-order valence-corrected chi connectivity index (χ4v) is 3.18. The molecule has 1 aromatic carbocycles. The van der Waals surface area contributed by atoms with Crippen LogP contribution in [0.2, 0.25) is 0 Å². The van der Waals surface area contributed by atoms with E-state index in [1.807, 2.05) is 0 Å². The number of aromatic nitrogens is 1. The van der Waals surface area contributed by atoms with Gasteiger partial charge in [0.25, 0.3) is 11.8 Å². The second-order valence-electron chi connectivity index (χ2n) is 6.64. The van der Waals surface area contributed by atoms with Gasteiger partial charge in [0.15, 0.2) is 0 Å². The fraction of sp³-hybridized carbons (Fsp3) is 0.350. The molecule has 3 rings (SSSR count). The number of nitrogens with zero attached hydrogens (tertiary/aromatic N) is 1. The molecule has 5 nitrogen and oxygen atoms in total. The molecule has 1 aliphatic carbocycles. The molecule has 0 aliphatic heterocycles. The first-order valence-electron chi connectivity index (χ1n) is 9.07. The summed E-state index contributed by atoms with van der Waals surface area (Å²) in [4.78, 5) is 28.8. The Kier molecular flexibility index (Phi) is 6.11. The Balaban J connectivity index is 1.70. The highest BCUT2D eigenvalue weighted by Gasteiger charge is 2.19. The zero-order valence-electron chi connectivity index (χ0n) is 14.8. The number of halogens is 2. The summed E-state index contributed by atoms with van der Waals surface area (Å²) in [5, 5.41) is 5.16. The summed E-state index contributed by atoms with van der Waals surface area (Å²) in [6.07, 6.45) is 7.69. The van der Waals surface area contributed by atoms with Crippen LogP contribution in [0.1, 0.15) is 59.4 Å². The second kappa shape index (κ2) is 8.70. The molecule has 0 saturated heterocycles. The summed E-state index contributed by atoms with van der Waals surface area (Å²) in [5.74, 6) is -2.81. The van der Waals surface area contributed by atoms with Crippen molar-refractivity contribution in [3.05, 3.63) is 59.4 Å². The standard InChI is InChI=1S/C20H21F2N3O2/c21-15-8-5-9-16(22)18(15)25-19(26)13-10-11-23-17(12-13)20(27)24-14-6-3-1-2-4-7-14/h5,8-12,14H,1-4,6-7H2,(H,24,27)(H,25,26). The lowest BCUT2D eigenvalue weighted by molar-refractivity contribution is 0.0928. The first-order chi connectivity index (χ1) is 13.0. The van der Waals surface area contributed by atoms with Crippen LogP contribution in [0.5, 0.6) is 0 Å². The number of pyridine rings is 1. The van der Waals surface area contributed by atoms with E-state index in [1.165, 1.54) is 37.2 Å². The van der Waals surface area contributed by atoms with Gasteiger partial charge in [-0.15, -0.1) is 0 Å². The number of nitrogens with one attached hydrogen (secondary N) is 2. The molecule has 2 aromatic rings. The monoisotopic (exact) mass is 373 g/mol. The van der Waals surface area contributed by atoms with Gasteiger partial charge in [0.2, 0.25) is 0 Å². The highest BCUT2D eigenvalue weighted by atomic mass is 19.1. The first kappa shape index (κ1) is 18.9. The van der Waals surface area contributed by atoms with Crippen molar-refractivity contribution in [3.63, 3.8) is 0 Å². The maximum Gasteiger partial charge on any atom is 0.270 e. The number of carbonyl (C=O) groups is 2. The van der Waals surface area contributed by atoms with Gasteiger partial charge in [-0.05, 0) is 37.1 Å². The molecule has 0 spiro atoms. The van der Waals surface area contributed by atoms with Crippen LogP contribution in [-0.4, -0.2) is 22.8 Å². The lowest BCUT2D eigenvalue weighted by Crippen LogP contribution is -2.35. The molecular formula is C20H21F2N3O2. The average molecular weight is 373 g/mol. The van der Waals surface area contributed by atoms with Gasteiger partial charge in [0, 0.05) is 17.8 Å². The Morgan fingerprint density at radius 1 is 0.963 bits per heavy atom. The van der Waals surface area contributed by atoms with E-state index in [9.17, 15) is 18.4 Å². The molecule has 2 N–H and O–H groups in total. The summed E-state index contributed by atoms with van der Waals surface area (Å²) in [6.45, 7) is 0. The van der Waals surface area contributed by atoms with E-state index in [1.54, 1.807) is 0 Å². The summed E-state index contributed by atoms with van der Waals surface area (Å²) in [7, 11) is 0. The van der Waals surface area contributed by atoms with Crippen LogP contribution in [0.4, 0.5) is 14.5 Å². The van der Waals surface area contributed by atoms with Crippen LogP contribution < -0.4 is 10.6 Å². The summed E-state index contributed by atoms with van der Waals surface area (Å²) >= 11 is 0. The topological polar surface area (TPSA) is 71.1 Å². The molecule has 7 heteroatoms. The number of benzene rings is 1. The third-order valence-electron chi connectivity index (χ3n) is 4.65. The highest BCUT2D eigenvalue weighted by Crippen LogP contribution is 2.20. The van der Waals surface area contributed by atoms with Crippen LogP contribution in [0, 0.1) is 11.6 Å². The maximum absolute atomic E-state index is 13.7. The van der Waals surface area contributed by atoms with Gasteiger partial charge >= 0.3 is 0 Å². The summed E-state index contributed by atoms with van der Waals surface area (Å²) in [6, 6.07) is 6.12. The van der Waals surface area contributed by atoms with Gasteiger partial charge in [-0.25, -0.2) is 8.78 Å². The van der Waals surface area contributed by atoms with Crippen LogP contribution in [-0.2, 0) is 0 Å². The van der Waals surface area contributed by atoms with Crippen molar-refractivity contribution in [1.82, 2.24) is 10.3 Å². The van der Waals surface area contributed by atoms with Crippen molar-refractivity contribution < 1.29 is 18.4 Å². The highest BCUT2D eigenvalue weighted by molar-refractivity contribution is 6.05. The molecule has 1 saturated carbocycles. The molecule has 1 aliphatic rings. The van der Waals surface area contributed by atoms with Gasteiger partial charge in [0.05, 0.1) is 0 Å². The quantitative estimate of drug-likeness (QED) is 0.794. The zero-order chi connectivity index (χ0) is 19.2. The molecule has 1 fully saturated rings. The first-order valence-corrected chi connectivity index (χ1v) is 9.07. The predicted molar refractivity (Wildman–Crippen MR) is 97.5 cm³/mol. The van der Waals surface area contributed by atoms with E-state index in [0.29, 0.717) is 0 Å². The van der Waals surface area contributed by atoms with Crippen LogP contribution in [0.15, 0.2) is 36.5 Å². The van der Waals surface area contributed by atoms with E-state index >= 15 is 0 Å². The zero-order valence-corrected chi connectivity index (χ0v) is 14.8. The van der Waals surface area contributed by atoms with Gasteiger partial charge in [-0.3, -0.25) is 14.6 Å². The summed E-state index contributed by atoms with van der Waals surface area (Å²) in [5.41, 5.74) is -0.330. The third-order valence-corrected chi connectivity index (χ3v) is 4.65. The van der Waals surface area contributed by atoms with Crippen molar-refractivity contribution >= 4 is 17.5 Å².